The van der Waals surface area contributed by atoms with Gasteiger partial charge in [-0.05, 0) is 54.6 Å². The molecule has 1 saturated heterocycles. The highest BCUT2D eigenvalue weighted by Gasteiger charge is 2.54. The zero-order chi connectivity index (χ0) is 29.7. The highest BCUT2D eigenvalue weighted by Crippen LogP contribution is 2.41. The Morgan fingerprint density at radius 3 is 1.90 bits per heavy atom. The molecule has 3 aromatic rings. The van der Waals surface area contributed by atoms with Crippen molar-refractivity contribution in [2.75, 3.05) is 6.61 Å². The van der Waals surface area contributed by atoms with Crippen LogP contribution in [0.4, 0.5) is 4.79 Å². The summed E-state index contributed by atoms with van der Waals surface area (Å²) in [5, 5.41) is 2.14. The van der Waals surface area contributed by atoms with Crippen LogP contribution in [0.1, 0.15) is 66.0 Å². The lowest BCUT2D eigenvalue weighted by Crippen LogP contribution is -2.69. The first-order chi connectivity index (χ1) is 19.5. The minimum absolute atomic E-state index is 0.226. The molecule has 3 atom stereocenters. The Morgan fingerprint density at radius 1 is 0.927 bits per heavy atom. The van der Waals surface area contributed by atoms with Crippen LogP contribution in [0.5, 0.6) is 0 Å². The largest absolute Gasteiger partial charge is 0.444 e. The third-order valence-electron chi connectivity index (χ3n) is 7.54. The summed E-state index contributed by atoms with van der Waals surface area (Å²) < 4.78 is 20.1. The molecule has 0 aromatic heterocycles. The van der Waals surface area contributed by atoms with Crippen LogP contribution in [0.15, 0.2) is 104 Å². The van der Waals surface area contributed by atoms with Crippen LogP contribution >= 0.6 is 0 Å². The van der Waals surface area contributed by atoms with Crippen LogP contribution in [-0.4, -0.2) is 43.9 Å². The van der Waals surface area contributed by atoms with E-state index >= 15 is 0 Å². The summed E-state index contributed by atoms with van der Waals surface area (Å²) in [7, 11) is -2.94. The third-order valence-corrected chi connectivity index (χ3v) is 12.6. The number of nitrogens with zero attached hydrogens (tertiary/aromatic N) is 1. The lowest BCUT2D eigenvalue weighted by Gasteiger charge is -2.47. The maximum absolute atomic E-state index is 13.9. The van der Waals surface area contributed by atoms with Gasteiger partial charge in [-0.2, -0.15) is 0 Å². The Morgan fingerprint density at radius 2 is 1.44 bits per heavy atom. The van der Waals surface area contributed by atoms with Crippen molar-refractivity contribution in [2.24, 2.45) is 0 Å². The number of ether oxygens (including phenoxy) is 2. The van der Waals surface area contributed by atoms with E-state index in [2.05, 4.69) is 75.9 Å². The fourth-order valence-corrected chi connectivity index (χ4v) is 10.5. The summed E-state index contributed by atoms with van der Waals surface area (Å²) in [6.07, 6.45) is 1.84. The van der Waals surface area contributed by atoms with Gasteiger partial charge in [0.05, 0.1) is 18.8 Å². The SMILES string of the molecule is C=CCC[C@@H](O[Si](c1ccccc1)(c1ccccc1)C(C)(C)C)[C@H]1OC[C@@H](c2ccccc2)N1C(=O)OC(C)(C)C. The predicted octanol–water partition coefficient (Wildman–Crippen LogP) is 7.23. The Kier molecular flexibility index (Phi) is 9.57. The predicted molar refractivity (Wildman–Crippen MR) is 169 cm³/mol. The van der Waals surface area contributed by atoms with Gasteiger partial charge in [0.15, 0.2) is 6.23 Å². The molecular weight excluding hydrogens is 526 g/mol. The van der Waals surface area contributed by atoms with Crippen LogP contribution < -0.4 is 10.4 Å². The summed E-state index contributed by atoms with van der Waals surface area (Å²) in [6.45, 7) is 16.8. The monoisotopic (exact) mass is 571 g/mol. The molecule has 41 heavy (non-hydrogen) atoms. The van der Waals surface area contributed by atoms with Gasteiger partial charge in [0, 0.05) is 0 Å². The Bertz CT molecular complexity index is 1230. The van der Waals surface area contributed by atoms with Gasteiger partial charge in [0.1, 0.15) is 5.60 Å². The fourth-order valence-electron chi connectivity index (χ4n) is 5.75. The van der Waals surface area contributed by atoms with E-state index in [0.717, 1.165) is 12.0 Å². The molecule has 1 amide bonds. The molecule has 3 aromatic carbocycles. The molecule has 1 fully saturated rings. The Labute approximate surface area is 247 Å². The number of amides is 1. The van der Waals surface area contributed by atoms with Gasteiger partial charge in [0.2, 0.25) is 0 Å². The maximum atomic E-state index is 13.9. The van der Waals surface area contributed by atoms with Crippen molar-refractivity contribution in [1.29, 1.82) is 0 Å². The molecule has 0 unspecified atom stereocenters. The van der Waals surface area contributed by atoms with Crippen LogP contribution in [0, 0.1) is 0 Å². The minimum Gasteiger partial charge on any atom is -0.444 e. The number of carbonyl (C=O) groups excluding carboxylic acids is 1. The van der Waals surface area contributed by atoms with Crippen LogP contribution in [-0.2, 0) is 13.9 Å². The van der Waals surface area contributed by atoms with Crippen molar-refractivity contribution in [3.05, 3.63) is 109 Å². The van der Waals surface area contributed by atoms with Crippen LogP contribution in [0.2, 0.25) is 5.04 Å². The number of benzene rings is 3. The Balaban J connectivity index is 1.85. The second kappa shape index (κ2) is 12.8. The smallest absolute Gasteiger partial charge is 0.413 e. The number of hydrogen-bond donors (Lipinski definition) is 0. The van der Waals surface area contributed by atoms with Crippen LogP contribution in [0.3, 0.4) is 0 Å². The lowest BCUT2D eigenvalue weighted by atomic mass is 10.1. The van der Waals surface area contributed by atoms with Gasteiger partial charge >= 0.3 is 6.09 Å². The molecule has 0 bridgehead atoms. The third kappa shape index (κ3) is 6.83. The summed E-state index contributed by atoms with van der Waals surface area (Å²) in [5.74, 6) is 0. The first-order valence-electron chi connectivity index (χ1n) is 14.6. The van der Waals surface area contributed by atoms with Crippen molar-refractivity contribution in [3.8, 4) is 0 Å². The average molecular weight is 572 g/mol. The molecule has 1 aliphatic rings. The fraction of sp³-hybridized carbons (Fsp3) is 0.400. The molecular formula is C35H45NO4Si. The molecule has 5 nitrogen and oxygen atoms in total. The molecule has 0 spiro atoms. The molecule has 0 radical (unpaired) electrons. The molecule has 4 rings (SSSR count). The summed E-state index contributed by atoms with van der Waals surface area (Å²) in [6, 6.07) is 30.9. The van der Waals surface area contributed by atoms with E-state index in [9.17, 15) is 4.79 Å². The molecule has 0 aliphatic carbocycles. The zero-order valence-corrected chi connectivity index (χ0v) is 26.4. The van der Waals surface area contributed by atoms with E-state index in [0.29, 0.717) is 13.0 Å². The number of allylic oxidation sites excluding steroid dienone is 1. The van der Waals surface area contributed by atoms with Crippen molar-refractivity contribution in [2.45, 2.75) is 83.4 Å². The normalized spacial score (nSPS) is 18.6. The van der Waals surface area contributed by atoms with E-state index in [1.54, 1.807) is 4.90 Å². The van der Waals surface area contributed by atoms with Crippen molar-refractivity contribution >= 4 is 24.8 Å². The van der Waals surface area contributed by atoms with Gasteiger partial charge in [-0.15, -0.1) is 6.58 Å². The van der Waals surface area contributed by atoms with Crippen molar-refractivity contribution in [1.82, 2.24) is 4.90 Å². The molecule has 1 aliphatic heterocycles. The number of hydrogen-bond acceptors (Lipinski definition) is 4. The van der Waals surface area contributed by atoms with Gasteiger partial charge in [-0.3, -0.25) is 4.90 Å². The van der Waals surface area contributed by atoms with E-state index in [4.69, 9.17) is 13.9 Å². The molecule has 0 saturated carbocycles. The van der Waals surface area contributed by atoms with E-state index in [1.807, 2.05) is 69.3 Å². The average Bonchev–Trinajstić information content (AvgIpc) is 3.39. The number of carbonyl (C=O) groups is 1. The zero-order valence-electron chi connectivity index (χ0n) is 25.4. The summed E-state index contributed by atoms with van der Waals surface area (Å²) >= 11 is 0. The second-order valence-electron chi connectivity index (χ2n) is 12.7. The Hall–Kier alpha value is -3.19. The molecule has 6 heteroatoms. The minimum atomic E-state index is -2.94. The lowest BCUT2D eigenvalue weighted by molar-refractivity contribution is -0.0662. The van der Waals surface area contributed by atoms with Crippen molar-refractivity contribution in [3.63, 3.8) is 0 Å². The first-order valence-corrected chi connectivity index (χ1v) is 16.5. The van der Waals surface area contributed by atoms with Crippen molar-refractivity contribution < 1.29 is 18.7 Å². The van der Waals surface area contributed by atoms with Gasteiger partial charge in [-0.25, -0.2) is 4.79 Å². The van der Waals surface area contributed by atoms with Gasteiger partial charge < -0.3 is 13.9 Å². The molecule has 0 N–H and O–H groups in total. The van der Waals surface area contributed by atoms with E-state index in [1.165, 1.54) is 10.4 Å². The maximum Gasteiger partial charge on any atom is 0.413 e. The quantitative estimate of drug-likeness (QED) is 0.201. The summed E-state index contributed by atoms with van der Waals surface area (Å²) in [5.41, 5.74) is 0.356. The van der Waals surface area contributed by atoms with Crippen LogP contribution in [0.25, 0.3) is 0 Å². The highest BCUT2D eigenvalue weighted by molar-refractivity contribution is 6.99. The molecule has 1 heterocycles. The van der Waals surface area contributed by atoms with E-state index < -0.39 is 32.3 Å². The first kappa shape index (κ1) is 30.8. The summed E-state index contributed by atoms with van der Waals surface area (Å²) in [4.78, 5) is 15.7. The van der Waals surface area contributed by atoms with Gasteiger partial charge in [-0.1, -0.05) is 118 Å². The van der Waals surface area contributed by atoms with E-state index in [-0.39, 0.29) is 11.1 Å². The standard InChI is InChI=1S/C35H45NO4Si/c1-8-9-25-31(32-36(33(37)39-34(2,3)4)30(26-38-32)27-19-13-10-14-20-27)40-41(35(5,6)7,28-21-15-11-16-22-28)29-23-17-12-18-24-29/h8,10-24,30-32H,1,9,25-26H2,2-7H3/t30-,31+,32+/m0/s1. The highest BCUT2D eigenvalue weighted by atomic mass is 28.4. The number of rotatable bonds is 9. The molecule has 218 valence electrons. The topological polar surface area (TPSA) is 48.0 Å². The second-order valence-corrected chi connectivity index (χ2v) is 17.0. The van der Waals surface area contributed by atoms with Gasteiger partial charge in [0.25, 0.3) is 8.32 Å².